The number of benzene rings is 2. The smallest absolute Gasteiger partial charge is 0.115 e. The maximum Gasteiger partial charge on any atom is 0.115 e. The van der Waals surface area contributed by atoms with Crippen LogP contribution in [0.25, 0.3) is 16.7 Å². The zero-order valence-corrected chi connectivity index (χ0v) is 11.1. The molecule has 2 N–H and O–H groups in total. The van der Waals surface area contributed by atoms with Gasteiger partial charge in [-0.3, -0.25) is 4.57 Å². The third kappa shape index (κ3) is 2.11. The lowest BCUT2D eigenvalue weighted by atomic mass is 10.2. The second kappa shape index (κ2) is 5.03. The zero-order valence-electron chi connectivity index (χ0n) is 10.4. The highest BCUT2D eigenvalue weighted by Gasteiger charge is 2.13. The molecule has 3 aromatic rings. The summed E-state index contributed by atoms with van der Waals surface area (Å²) in [6, 6.07) is 15.9. The highest BCUT2D eigenvalue weighted by Crippen LogP contribution is 2.27. The van der Waals surface area contributed by atoms with Crippen molar-refractivity contribution in [1.29, 1.82) is 0 Å². The molecule has 3 nitrogen and oxygen atoms in total. The molecule has 1 heterocycles. The Kier molecular flexibility index (Phi) is 3.23. The van der Waals surface area contributed by atoms with E-state index in [-0.39, 0.29) is 0 Å². The molecule has 1 aromatic heterocycles. The third-order valence-electron chi connectivity index (χ3n) is 3.08. The summed E-state index contributed by atoms with van der Waals surface area (Å²) in [5.74, 6) is 0.941. The summed E-state index contributed by atoms with van der Waals surface area (Å²) in [6.07, 6.45) is 0.722. The van der Waals surface area contributed by atoms with Crippen molar-refractivity contribution in [3.63, 3.8) is 0 Å². The van der Waals surface area contributed by atoms with E-state index in [2.05, 4.69) is 9.55 Å². The molecule has 0 aliphatic carbocycles. The number of aromatic nitrogens is 2. The van der Waals surface area contributed by atoms with Gasteiger partial charge in [-0.15, -0.1) is 0 Å². The third-order valence-corrected chi connectivity index (χ3v) is 3.38. The molecule has 2 aromatic carbocycles. The Morgan fingerprint density at radius 1 is 1.05 bits per heavy atom. The minimum absolute atomic E-state index is 0.563. The van der Waals surface area contributed by atoms with E-state index in [0.717, 1.165) is 29.0 Å². The normalized spacial score (nSPS) is 11.1. The molecule has 0 radical (unpaired) electrons. The molecule has 4 heteroatoms. The van der Waals surface area contributed by atoms with Crippen molar-refractivity contribution < 1.29 is 0 Å². The van der Waals surface area contributed by atoms with Crippen LogP contribution >= 0.6 is 11.6 Å². The molecule has 0 aliphatic rings. The summed E-state index contributed by atoms with van der Waals surface area (Å²) in [4.78, 5) is 4.64. The Bertz CT molecular complexity index is 704. The number of rotatable bonds is 3. The quantitative estimate of drug-likeness (QED) is 0.795. The van der Waals surface area contributed by atoms with E-state index in [1.165, 1.54) is 0 Å². The summed E-state index contributed by atoms with van der Waals surface area (Å²) in [6.45, 7) is 0.563. The minimum Gasteiger partial charge on any atom is -0.330 e. The van der Waals surface area contributed by atoms with E-state index in [0.29, 0.717) is 11.6 Å². The highest BCUT2D eigenvalue weighted by molar-refractivity contribution is 6.35. The van der Waals surface area contributed by atoms with Crippen LogP contribution in [0, 0.1) is 0 Å². The summed E-state index contributed by atoms with van der Waals surface area (Å²) in [7, 11) is 0. The number of imidazole rings is 1. The lowest BCUT2D eigenvalue weighted by Gasteiger charge is -2.09. The Balaban J connectivity index is 2.33. The van der Waals surface area contributed by atoms with Crippen LogP contribution in [0.2, 0.25) is 5.02 Å². The first-order valence-electron chi connectivity index (χ1n) is 6.22. The topological polar surface area (TPSA) is 43.8 Å². The molecule has 0 saturated carbocycles. The minimum atomic E-state index is 0.563. The van der Waals surface area contributed by atoms with Gasteiger partial charge < -0.3 is 5.73 Å². The largest absolute Gasteiger partial charge is 0.330 e. The molecule has 0 saturated heterocycles. The van der Waals surface area contributed by atoms with E-state index in [1.54, 1.807) is 0 Å². The first-order valence-corrected chi connectivity index (χ1v) is 6.60. The fourth-order valence-corrected chi connectivity index (χ4v) is 2.54. The van der Waals surface area contributed by atoms with Gasteiger partial charge in [0.1, 0.15) is 5.82 Å². The predicted molar refractivity (Wildman–Crippen MR) is 78.8 cm³/mol. The number of hydrogen-bond donors (Lipinski definition) is 1. The van der Waals surface area contributed by atoms with Crippen molar-refractivity contribution in [2.75, 3.05) is 6.54 Å². The second-order valence-electron chi connectivity index (χ2n) is 4.35. The number of nitrogens with two attached hydrogens (primary N) is 1. The van der Waals surface area contributed by atoms with Crippen molar-refractivity contribution in [3.05, 3.63) is 59.4 Å². The van der Waals surface area contributed by atoms with Gasteiger partial charge in [0.25, 0.3) is 0 Å². The van der Waals surface area contributed by atoms with E-state index in [1.807, 2.05) is 48.5 Å². The molecule has 19 heavy (non-hydrogen) atoms. The summed E-state index contributed by atoms with van der Waals surface area (Å²) >= 11 is 6.33. The molecule has 0 aliphatic heterocycles. The van der Waals surface area contributed by atoms with Gasteiger partial charge >= 0.3 is 0 Å². The van der Waals surface area contributed by atoms with Crippen LogP contribution in [-0.2, 0) is 6.42 Å². The van der Waals surface area contributed by atoms with Crippen LogP contribution in [0.15, 0.2) is 48.5 Å². The molecule has 0 spiro atoms. The Labute approximate surface area is 116 Å². The van der Waals surface area contributed by atoms with Gasteiger partial charge in [-0.2, -0.15) is 0 Å². The van der Waals surface area contributed by atoms with Gasteiger partial charge in [0.15, 0.2) is 0 Å². The number of para-hydroxylation sites is 2. The molecule has 96 valence electrons. The van der Waals surface area contributed by atoms with Crippen LogP contribution in [-0.4, -0.2) is 16.1 Å². The lowest BCUT2D eigenvalue weighted by Crippen LogP contribution is -2.09. The monoisotopic (exact) mass is 271 g/mol. The standard InChI is InChI=1S/C15H14ClN3/c16-12-7-4-8-13-15(12)19(14(18-13)9-10-17)11-5-2-1-3-6-11/h1-8H,9-10,17H2. The van der Waals surface area contributed by atoms with Crippen LogP contribution < -0.4 is 5.73 Å². The lowest BCUT2D eigenvalue weighted by molar-refractivity contribution is 0.848. The van der Waals surface area contributed by atoms with Crippen molar-refractivity contribution in [3.8, 4) is 5.69 Å². The molecule has 0 fully saturated rings. The first kappa shape index (κ1) is 12.2. The van der Waals surface area contributed by atoms with Crippen LogP contribution in [0.4, 0.5) is 0 Å². The number of fused-ring (bicyclic) bond motifs is 1. The Morgan fingerprint density at radius 2 is 1.84 bits per heavy atom. The average molecular weight is 272 g/mol. The second-order valence-corrected chi connectivity index (χ2v) is 4.75. The van der Waals surface area contributed by atoms with Gasteiger partial charge in [-0.1, -0.05) is 35.9 Å². The van der Waals surface area contributed by atoms with Crippen LogP contribution in [0.5, 0.6) is 0 Å². The van der Waals surface area contributed by atoms with Gasteiger partial charge in [0.2, 0.25) is 0 Å². The van der Waals surface area contributed by atoms with E-state index in [9.17, 15) is 0 Å². The van der Waals surface area contributed by atoms with Crippen LogP contribution in [0.1, 0.15) is 5.82 Å². The summed E-state index contributed by atoms with van der Waals surface area (Å²) < 4.78 is 2.09. The van der Waals surface area contributed by atoms with Crippen molar-refractivity contribution >= 4 is 22.6 Å². The molecule has 0 bridgehead atoms. The van der Waals surface area contributed by atoms with Crippen molar-refractivity contribution in [1.82, 2.24) is 9.55 Å². The van der Waals surface area contributed by atoms with E-state index < -0.39 is 0 Å². The average Bonchev–Trinajstić information content (AvgIpc) is 2.80. The molecular formula is C15H14ClN3. The van der Waals surface area contributed by atoms with Gasteiger partial charge in [-0.05, 0) is 30.8 Å². The maximum atomic E-state index is 6.33. The number of nitrogens with zero attached hydrogens (tertiary/aromatic N) is 2. The zero-order chi connectivity index (χ0) is 13.2. The molecular weight excluding hydrogens is 258 g/mol. The summed E-state index contributed by atoms with van der Waals surface area (Å²) in [5.41, 5.74) is 8.58. The maximum absolute atomic E-state index is 6.33. The van der Waals surface area contributed by atoms with Gasteiger partial charge in [0, 0.05) is 12.1 Å². The molecule has 0 atom stereocenters. The Hall–Kier alpha value is -1.84. The van der Waals surface area contributed by atoms with Gasteiger partial charge in [0.05, 0.1) is 16.1 Å². The number of hydrogen-bond acceptors (Lipinski definition) is 2. The summed E-state index contributed by atoms with van der Waals surface area (Å²) in [5, 5.41) is 0.706. The Morgan fingerprint density at radius 3 is 2.58 bits per heavy atom. The van der Waals surface area contributed by atoms with Crippen molar-refractivity contribution in [2.45, 2.75) is 6.42 Å². The SMILES string of the molecule is NCCc1nc2cccc(Cl)c2n1-c1ccccc1. The first-order chi connectivity index (χ1) is 9.31. The highest BCUT2D eigenvalue weighted by atomic mass is 35.5. The molecule has 0 unspecified atom stereocenters. The van der Waals surface area contributed by atoms with E-state index in [4.69, 9.17) is 17.3 Å². The molecule has 0 amide bonds. The van der Waals surface area contributed by atoms with Crippen molar-refractivity contribution in [2.24, 2.45) is 5.73 Å². The fraction of sp³-hybridized carbons (Fsp3) is 0.133. The molecule has 3 rings (SSSR count). The van der Waals surface area contributed by atoms with Crippen LogP contribution in [0.3, 0.4) is 0 Å². The predicted octanol–water partition coefficient (Wildman–Crippen LogP) is 3.18. The van der Waals surface area contributed by atoms with Gasteiger partial charge in [-0.25, -0.2) is 4.98 Å². The van der Waals surface area contributed by atoms with E-state index >= 15 is 0 Å². The fourth-order valence-electron chi connectivity index (χ4n) is 2.29. The number of halogens is 1.